The van der Waals surface area contributed by atoms with Gasteiger partial charge < -0.3 is 15.4 Å². The molecule has 1 aromatic rings. The predicted molar refractivity (Wildman–Crippen MR) is 53.0 cm³/mol. The van der Waals surface area contributed by atoms with Crippen molar-refractivity contribution in [3.63, 3.8) is 0 Å². The van der Waals surface area contributed by atoms with E-state index >= 15 is 0 Å². The van der Waals surface area contributed by atoms with Crippen LogP contribution < -0.4 is 10.8 Å². The minimum atomic E-state index is -1.60. The van der Waals surface area contributed by atoms with Crippen LogP contribution in [0, 0.1) is 5.82 Å². The monoisotopic (exact) mass is 195 g/mol. The molecule has 0 bridgehead atoms. The highest BCUT2D eigenvalue weighted by atomic mass is 19.1. The molecule has 5 heteroatoms. The molecule has 0 atom stereocenters. The highest BCUT2D eigenvalue weighted by Gasteiger charge is 2.21. The van der Waals surface area contributed by atoms with Crippen molar-refractivity contribution in [2.45, 2.75) is 12.8 Å². The van der Waals surface area contributed by atoms with Crippen molar-refractivity contribution in [3.8, 4) is 0 Å². The molecule has 0 fully saturated rings. The lowest BCUT2D eigenvalue weighted by molar-refractivity contribution is 0.425. The fraction of sp³-hybridized carbons (Fsp3) is 0.333. The molecule has 1 heterocycles. The second-order valence-electron chi connectivity index (χ2n) is 3.43. The van der Waals surface area contributed by atoms with Crippen LogP contribution in [-0.4, -0.2) is 23.7 Å². The topological polar surface area (TPSA) is 52.5 Å². The SMILES string of the molecule is OB(O)c1cc(F)cc2c1CCCN2. The van der Waals surface area contributed by atoms with Gasteiger partial charge in [-0.05, 0) is 36.0 Å². The second-order valence-corrected chi connectivity index (χ2v) is 3.43. The molecule has 0 spiro atoms. The van der Waals surface area contributed by atoms with Gasteiger partial charge in [-0.2, -0.15) is 0 Å². The maximum atomic E-state index is 13.1. The summed E-state index contributed by atoms with van der Waals surface area (Å²) in [5, 5.41) is 21.2. The molecule has 0 amide bonds. The maximum Gasteiger partial charge on any atom is 0.488 e. The molecule has 1 aliphatic rings. The van der Waals surface area contributed by atoms with E-state index in [1.807, 2.05) is 0 Å². The second kappa shape index (κ2) is 3.59. The van der Waals surface area contributed by atoms with Crippen LogP contribution in [0.5, 0.6) is 0 Å². The summed E-state index contributed by atoms with van der Waals surface area (Å²) in [5.41, 5.74) is 1.76. The van der Waals surface area contributed by atoms with Gasteiger partial charge in [0.05, 0.1) is 0 Å². The van der Waals surface area contributed by atoms with E-state index in [0.29, 0.717) is 5.69 Å². The first-order valence-electron chi connectivity index (χ1n) is 4.61. The summed E-state index contributed by atoms with van der Waals surface area (Å²) in [5.74, 6) is -0.443. The first-order chi connectivity index (χ1) is 6.68. The number of nitrogens with one attached hydrogen (secondary N) is 1. The van der Waals surface area contributed by atoms with Crippen LogP contribution in [-0.2, 0) is 6.42 Å². The molecular weight excluding hydrogens is 184 g/mol. The van der Waals surface area contributed by atoms with Crippen molar-refractivity contribution in [3.05, 3.63) is 23.5 Å². The minimum Gasteiger partial charge on any atom is -0.423 e. The third kappa shape index (κ3) is 1.60. The van der Waals surface area contributed by atoms with Gasteiger partial charge in [-0.1, -0.05) is 0 Å². The Morgan fingerprint density at radius 3 is 2.86 bits per heavy atom. The van der Waals surface area contributed by atoms with E-state index in [-0.39, 0.29) is 5.46 Å². The molecule has 0 aliphatic carbocycles. The lowest BCUT2D eigenvalue weighted by Gasteiger charge is -2.20. The van der Waals surface area contributed by atoms with E-state index in [2.05, 4.69) is 5.32 Å². The number of anilines is 1. The van der Waals surface area contributed by atoms with Gasteiger partial charge in [-0.15, -0.1) is 0 Å². The Hall–Kier alpha value is -1.07. The number of rotatable bonds is 1. The Morgan fingerprint density at radius 1 is 1.36 bits per heavy atom. The number of fused-ring (bicyclic) bond motifs is 1. The van der Waals surface area contributed by atoms with Gasteiger partial charge in [0.2, 0.25) is 0 Å². The number of halogens is 1. The molecule has 0 aromatic heterocycles. The van der Waals surface area contributed by atoms with Crippen LogP contribution >= 0.6 is 0 Å². The van der Waals surface area contributed by atoms with Crippen LogP contribution in [0.15, 0.2) is 12.1 Å². The van der Waals surface area contributed by atoms with Crippen LogP contribution in [0.4, 0.5) is 10.1 Å². The summed E-state index contributed by atoms with van der Waals surface area (Å²) in [6, 6.07) is 2.57. The molecule has 0 saturated heterocycles. The first kappa shape index (κ1) is 9.49. The van der Waals surface area contributed by atoms with E-state index in [1.165, 1.54) is 12.1 Å². The largest absolute Gasteiger partial charge is 0.488 e. The molecule has 2 rings (SSSR count). The van der Waals surface area contributed by atoms with Crippen molar-refractivity contribution < 1.29 is 14.4 Å². The average Bonchev–Trinajstić information content (AvgIpc) is 2.16. The number of hydrogen-bond donors (Lipinski definition) is 3. The fourth-order valence-electron chi connectivity index (χ4n) is 1.81. The van der Waals surface area contributed by atoms with E-state index in [1.54, 1.807) is 0 Å². The number of benzene rings is 1. The van der Waals surface area contributed by atoms with Crippen molar-refractivity contribution >= 4 is 18.3 Å². The first-order valence-corrected chi connectivity index (χ1v) is 4.61. The van der Waals surface area contributed by atoms with Gasteiger partial charge in [0.15, 0.2) is 0 Å². The lowest BCUT2D eigenvalue weighted by Crippen LogP contribution is -2.35. The average molecular weight is 195 g/mol. The summed E-state index contributed by atoms with van der Waals surface area (Å²) in [6.45, 7) is 0.803. The third-order valence-electron chi connectivity index (χ3n) is 2.45. The zero-order valence-electron chi connectivity index (χ0n) is 7.63. The molecule has 14 heavy (non-hydrogen) atoms. The van der Waals surface area contributed by atoms with E-state index < -0.39 is 12.9 Å². The van der Waals surface area contributed by atoms with Gasteiger partial charge in [-0.25, -0.2) is 4.39 Å². The zero-order valence-corrected chi connectivity index (χ0v) is 7.63. The normalized spacial score (nSPS) is 14.5. The molecule has 1 aliphatic heterocycles. The summed E-state index contributed by atoms with van der Waals surface area (Å²) >= 11 is 0. The van der Waals surface area contributed by atoms with Gasteiger partial charge in [0, 0.05) is 12.2 Å². The third-order valence-corrected chi connectivity index (χ3v) is 2.45. The highest BCUT2D eigenvalue weighted by Crippen LogP contribution is 2.21. The maximum absolute atomic E-state index is 13.1. The minimum absolute atomic E-state index is 0.271. The van der Waals surface area contributed by atoms with Crippen molar-refractivity contribution in [2.75, 3.05) is 11.9 Å². The van der Waals surface area contributed by atoms with Crippen molar-refractivity contribution in [1.29, 1.82) is 0 Å². The van der Waals surface area contributed by atoms with Crippen LogP contribution in [0.2, 0.25) is 0 Å². The molecule has 3 N–H and O–H groups in total. The van der Waals surface area contributed by atoms with E-state index in [0.717, 1.165) is 24.9 Å². The Bertz CT molecular complexity index is 357. The standard InChI is InChI=1S/C9H11BFNO2/c11-6-4-8(10(13)14)7-2-1-3-12-9(7)5-6/h4-5,12-14H,1-3H2. The van der Waals surface area contributed by atoms with Crippen LogP contribution in [0.25, 0.3) is 0 Å². The highest BCUT2D eigenvalue weighted by molar-refractivity contribution is 6.59. The quantitative estimate of drug-likeness (QED) is 0.547. The summed E-state index contributed by atoms with van der Waals surface area (Å²) in [4.78, 5) is 0. The van der Waals surface area contributed by atoms with Gasteiger partial charge in [-0.3, -0.25) is 0 Å². The lowest BCUT2D eigenvalue weighted by atomic mass is 9.75. The Labute approximate surface area is 81.7 Å². The van der Waals surface area contributed by atoms with E-state index in [4.69, 9.17) is 10.0 Å². The Kier molecular flexibility index (Phi) is 2.43. The molecular formula is C9H11BFNO2. The summed E-state index contributed by atoms with van der Waals surface area (Å²) in [6.07, 6.45) is 1.69. The van der Waals surface area contributed by atoms with Crippen molar-refractivity contribution in [1.82, 2.24) is 0 Å². The molecule has 1 aromatic carbocycles. The smallest absolute Gasteiger partial charge is 0.423 e. The van der Waals surface area contributed by atoms with Crippen LogP contribution in [0.3, 0.4) is 0 Å². The van der Waals surface area contributed by atoms with Crippen molar-refractivity contribution in [2.24, 2.45) is 0 Å². The summed E-state index contributed by atoms with van der Waals surface area (Å²) in [7, 11) is -1.60. The van der Waals surface area contributed by atoms with Crippen LogP contribution in [0.1, 0.15) is 12.0 Å². The summed E-state index contributed by atoms with van der Waals surface area (Å²) < 4.78 is 13.1. The molecule has 0 saturated carbocycles. The van der Waals surface area contributed by atoms with Gasteiger partial charge in [0.25, 0.3) is 0 Å². The molecule has 3 nitrogen and oxygen atoms in total. The van der Waals surface area contributed by atoms with Gasteiger partial charge in [0.1, 0.15) is 5.82 Å². The molecule has 0 radical (unpaired) electrons. The Morgan fingerprint density at radius 2 is 2.14 bits per heavy atom. The number of hydrogen-bond acceptors (Lipinski definition) is 3. The van der Waals surface area contributed by atoms with Gasteiger partial charge >= 0.3 is 7.12 Å². The zero-order chi connectivity index (χ0) is 10.1. The Balaban J connectivity index is 2.52. The fourth-order valence-corrected chi connectivity index (χ4v) is 1.81. The molecule has 0 unspecified atom stereocenters. The molecule has 74 valence electrons. The predicted octanol–water partition coefficient (Wildman–Crippen LogP) is -0.136. The van der Waals surface area contributed by atoms with E-state index in [9.17, 15) is 4.39 Å².